The summed E-state index contributed by atoms with van der Waals surface area (Å²) in [5.74, 6) is 2.38. The predicted octanol–water partition coefficient (Wildman–Crippen LogP) is 3.90. The fourth-order valence-electron chi connectivity index (χ4n) is 2.29. The standard InChI is InChI=1S/C17H21ClN2O/c1-13(10-15-6-4-5-7-16(15)21-3)20(2)17-11-14(12-18)8-9-19-17/h4-9,11,13H,10,12H2,1-3H3. The number of pyridine rings is 1. The number of para-hydroxylation sites is 1. The van der Waals surface area contributed by atoms with E-state index in [1.54, 1.807) is 13.3 Å². The number of alkyl halides is 1. The number of benzene rings is 1. The number of aromatic nitrogens is 1. The van der Waals surface area contributed by atoms with Crippen molar-refractivity contribution < 1.29 is 4.74 Å². The molecule has 0 aliphatic heterocycles. The SMILES string of the molecule is COc1ccccc1CC(C)N(C)c1cc(CCl)ccn1. The van der Waals surface area contributed by atoms with E-state index in [-0.39, 0.29) is 0 Å². The van der Waals surface area contributed by atoms with Crippen molar-refractivity contribution in [3.05, 3.63) is 53.7 Å². The van der Waals surface area contributed by atoms with Crippen LogP contribution in [0.2, 0.25) is 0 Å². The van der Waals surface area contributed by atoms with Crippen molar-refractivity contribution in [1.82, 2.24) is 4.98 Å². The Morgan fingerprint density at radius 1 is 1.29 bits per heavy atom. The summed E-state index contributed by atoms with van der Waals surface area (Å²) in [6, 6.07) is 12.4. The van der Waals surface area contributed by atoms with Gasteiger partial charge in [-0.3, -0.25) is 0 Å². The van der Waals surface area contributed by atoms with Crippen molar-refractivity contribution in [2.24, 2.45) is 0 Å². The fraction of sp³-hybridized carbons (Fsp3) is 0.353. The summed E-state index contributed by atoms with van der Waals surface area (Å²) in [6.07, 6.45) is 2.70. The second-order valence-corrected chi connectivity index (χ2v) is 5.40. The Labute approximate surface area is 131 Å². The molecule has 0 fully saturated rings. The van der Waals surface area contributed by atoms with E-state index in [0.29, 0.717) is 11.9 Å². The molecular weight excluding hydrogens is 284 g/mol. The fourth-order valence-corrected chi connectivity index (χ4v) is 2.46. The van der Waals surface area contributed by atoms with Crippen LogP contribution >= 0.6 is 11.6 Å². The molecule has 2 rings (SSSR count). The molecule has 3 nitrogen and oxygen atoms in total. The number of anilines is 1. The maximum Gasteiger partial charge on any atom is 0.128 e. The van der Waals surface area contributed by atoms with E-state index in [2.05, 4.69) is 29.9 Å². The van der Waals surface area contributed by atoms with Gasteiger partial charge in [-0.1, -0.05) is 18.2 Å². The second kappa shape index (κ2) is 7.32. The summed E-state index contributed by atoms with van der Waals surface area (Å²) in [5, 5.41) is 0. The van der Waals surface area contributed by atoms with Gasteiger partial charge in [0.1, 0.15) is 11.6 Å². The number of likely N-dealkylation sites (N-methyl/N-ethyl adjacent to an activating group) is 1. The highest BCUT2D eigenvalue weighted by Crippen LogP contribution is 2.22. The van der Waals surface area contributed by atoms with E-state index in [1.165, 1.54) is 5.56 Å². The number of methoxy groups -OCH3 is 1. The van der Waals surface area contributed by atoms with Crippen molar-refractivity contribution in [2.75, 3.05) is 19.1 Å². The van der Waals surface area contributed by atoms with Gasteiger partial charge >= 0.3 is 0 Å². The highest BCUT2D eigenvalue weighted by molar-refractivity contribution is 6.17. The third-order valence-corrected chi connectivity index (χ3v) is 4.00. The number of halogens is 1. The highest BCUT2D eigenvalue weighted by Gasteiger charge is 2.14. The molecule has 1 atom stereocenters. The molecule has 1 unspecified atom stereocenters. The normalized spacial score (nSPS) is 12.0. The van der Waals surface area contributed by atoms with E-state index < -0.39 is 0 Å². The number of hydrogen-bond donors (Lipinski definition) is 0. The van der Waals surface area contributed by atoms with Crippen LogP contribution in [0.25, 0.3) is 0 Å². The van der Waals surface area contributed by atoms with E-state index >= 15 is 0 Å². The summed E-state index contributed by atoms with van der Waals surface area (Å²) < 4.78 is 5.42. The van der Waals surface area contributed by atoms with Gasteiger partial charge in [0.15, 0.2) is 0 Å². The van der Waals surface area contributed by atoms with Crippen molar-refractivity contribution >= 4 is 17.4 Å². The lowest BCUT2D eigenvalue weighted by molar-refractivity contribution is 0.408. The zero-order chi connectivity index (χ0) is 15.2. The van der Waals surface area contributed by atoms with Crippen LogP contribution in [0, 0.1) is 0 Å². The molecule has 0 spiro atoms. The van der Waals surface area contributed by atoms with Crippen LogP contribution in [0.15, 0.2) is 42.6 Å². The van der Waals surface area contributed by atoms with Gasteiger partial charge < -0.3 is 9.64 Å². The quantitative estimate of drug-likeness (QED) is 0.757. The average molecular weight is 305 g/mol. The molecule has 0 saturated carbocycles. The molecule has 0 N–H and O–H groups in total. The summed E-state index contributed by atoms with van der Waals surface area (Å²) in [7, 11) is 3.76. The van der Waals surface area contributed by atoms with Gasteiger partial charge in [0.05, 0.1) is 7.11 Å². The van der Waals surface area contributed by atoms with Crippen LogP contribution in [0.4, 0.5) is 5.82 Å². The van der Waals surface area contributed by atoms with Crippen molar-refractivity contribution in [3.8, 4) is 5.75 Å². The Hall–Kier alpha value is -1.74. The first-order chi connectivity index (χ1) is 10.2. The first-order valence-corrected chi connectivity index (χ1v) is 7.54. The molecule has 1 heterocycles. The zero-order valence-electron chi connectivity index (χ0n) is 12.7. The van der Waals surface area contributed by atoms with Gasteiger partial charge in [-0.25, -0.2) is 4.98 Å². The Bertz CT molecular complexity index is 589. The molecule has 0 amide bonds. The van der Waals surface area contributed by atoms with Gasteiger partial charge in [0, 0.05) is 25.2 Å². The van der Waals surface area contributed by atoms with Crippen LogP contribution in [0.1, 0.15) is 18.1 Å². The van der Waals surface area contributed by atoms with Gasteiger partial charge in [0.25, 0.3) is 0 Å². The monoisotopic (exact) mass is 304 g/mol. The molecule has 21 heavy (non-hydrogen) atoms. The van der Waals surface area contributed by atoms with Crippen molar-refractivity contribution in [3.63, 3.8) is 0 Å². The molecule has 2 aromatic rings. The van der Waals surface area contributed by atoms with Gasteiger partial charge in [0.2, 0.25) is 0 Å². The van der Waals surface area contributed by atoms with E-state index in [0.717, 1.165) is 23.6 Å². The summed E-state index contributed by atoms with van der Waals surface area (Å²) in [4.78, 5) is 6.60. The molecule has 112 valence electrons. The van der Waals surface area contributed by atoms with Gasteiger partial charge in [-0.2, -0.15) is 0 Å². The molecule has 4 heteroatoms. The Balaban J connectivity index is 2.13. The van der Waals surface area contributed by atoms with Crippen molar-refractivity contribution in [2.45, 2.75) is 25.3 Å². The molecular formula is C17H21ClN2O. The van der Waals surface area contributed by atoms with Crippen LogP contribution in [-0.2, 0) is 12.3 Å². The Kier molecular flexibility index (Phi) is 5.45. The Morgan fingerprint density at radius 3 is 2.76 bits per heavy atom. The smallest absolute Gasteiger partial charge is 0.128 e. The second-order valence-electron chi connectivity index (χ2n) is 5.13. The van der Waals surface area contributed by atoms with E-state index in [1.807, 2.05) is 30.3 Å². The molecule has 0 radical (unpaired) electrons. The lowest BCUT2D eigenvalue weighted by Crippen LogP contribution is -2.31. The predicted molar refractivity (Wildman–Crippen MR) is 88.4 cm³/mol. The topological polar surface area (TPSA) is 25.4 Å². The maximum absolute atomic E-state index is 5.89. The van der Waals surface area contributed by atoms with Gasteiger partial charge in [-0.15, -0.1) is 11.6 Å². The largest absolute Gasteiger partial charge is 0.496 e. The van der Waals surface area contributed by atoms with Crippen LogP contribution in [0.5, 0.6) is 5.75 Å². The number of hydrogen-bond acceptors (Lipinski definition) is 3. The Morgan fingerprint density at radius 2 is 2.05 bits per heavy atom. The van der Waals surface area contributed by atoms with Crippen LogP contribution in [-0.4, -0.2) is 25.2 Å². The summed E-state index contributed by atoms with van der Waals surface area (Å²) in [6.45, 7) is 2.18. The molecule has 0 bridgehead atoms. The first-order valence-electron chi connectivity index (χ1n) is 7.01. The molecule has 0 aliphatic rings. The minimum absolute atomic E-state index is 0.305. The van der Waals surface area contributed by atoms with Gasteiger partial charge in [-0.05, 0) is 42.7 Å². The third kappa shape index (κ3) is 3.88. The average Bonchev–Trinajstić information content (AvgIpc) is 2.54. The minimum atomic E-state index is 0.305. The van der Waals surface area contributed by atoms with E-state index in [9.17, 15) is 0 Å². The molecule has 0 saturated heterocycles. The highest BCUT2D eigenvalue weighted by atomic mass is 35.5. The number of nitrogens with zero attached hydrogens (tertiary/aromatic N) is 2. The van der Waals surface area contributed by atoms with Crippen LogP contribution in [0.3, 0.4) is 0 Å². The lowest BCUT2D eigenvalue weighted by atomic mass is 10.1. The maximum atomic E-state index is 5.89. The molecule has 1 aromatic heterocycles. The first kappa shape index (κ1) is 15.6. The molecule has 1 aromatic carbocycles. The summed E-state index contributed by atoms with van der Waals surface area (Å²) >= 11 is 5.89. The minimum Gasteiger partial charge on any atom is -0.496 e. The zero-order valence-corrected chi connectivity index (χ0v) is 13.5. The third-order valence-electron chi connectivity index (χ3n) is 3.69. The van der Waals surface area contributed by atoms with Crippen molar-refractivity contribution in [1.29, 1.82) is 0 Å². The van der Waals surface area contributed by atoms with Crippen LogP contribution < -0.4 is 9.64 Å². The van der Waals surface area contributed by atoms with E-state index in [4.69, 9.17) is 16.3 Å². The number of ether oxygens (including phenoxy) is 1. The lowest BCUT2D eigenvalue weighted by Gasteiger charge is -2.27. The number of rotatable bonds is 6. The summed E-state index contributed by atoms with van der Waals surface area (Å²) in [5.41, 5.74) is 2.28. The molecule has 0 aliphatic carbocycles.